The number of carbonyl (C=O) groups is 3. The van der Waals surface area contributed by atoms with Gasteiger partial charge in [0.25, 0.3) is 11.7 Å². The Morgan fingerprint density at radius 3 is 2.15 bits per heavy atom. The second kappa shape index (κ2) is 11.2. The lowest BCUT2D eigenvalue weighted by Crippen LogP contribution is -2.29. The number of Topliss-reactive ketones (excluding diaryl/α,β-unsaturated/α-hetero) is 1. The molecule has 1 heterocycles. The Balaban J connectivity index is 1.86. The summed E-state index contributed by atoms with van der Waals surface area (Å²) in [5.41, 5.74) is 4.19. The van der Waals surface area contributed by atoms with Crippen molar-refractivity contribution < 1.29 is 29.0 Å². The minimum Gasteiger partial charge on any atom is -0.507 e. The Kier molecular flexibility index (Phi) is 7.90. The lowest BCUT2D eigenvalue weighted by molar-refractivity contribution is -0.132. The van der Waals surface area contributed by atoms with E-state index in [9.17, 15) is 19.5 Å². The fourth-order valence-electron chi connectivity index (χ4n) is 4.76. The van der Waals surface area contributed by atoms with Gasteiger partial charge >= 0.3 is 5.97 Å². The molecule has 1 atom stereocenters. The van der Waals surface area contributed by atoms with Crippen LogP contribution in [0.5, 0.6) is 11.5 Å². The minimum atomic E-state index is -0.894. The van der Waals surface area contributed by atoms with Crippen molar-refractivity contribution in [2.45, 2.75) is 47.6 Å². The summed E-state index contributed by atoms with van der Waals surface area (Å²) in [6.45, 7) is 11.7. The van der Waals surface area contributed by atoms with E-state index in [1.807, 2.05) is 39.0 Å². The van der Waals surface area contributed by atoms with Crippen LogP contribution in [0.4, 0.5) is 5.69 Å². The molecule has 202 valence electrons. The van der Waals surface area contributed by atoms with Gasteiger partial charge in [-0.3, -0.25) is 19.3 Å². The van der Waals surface area contributed by atoms with Crippen LogP contribution in [-0.4, -0.2) is 29.4 Å². The Morgan fingerprint density at radius 1 is 0.949 bits per heavy atom. The molecular formula is C32H33NO6. The van der Waals surface area contributed by atoms with Crippen LogP contribution in [0.1, 0.15) is 54.6 Å². The van der Waals surface area contributed by atoms with Crippen LogP contribution >= 0.6 is 0 Å². The van der Waals surface area contributed by atoms with E-state index in [1.54, 1.807) is 42.5 Å². The van der Waals surface area contributed by atoms with Crippen molar-refractivity contribution >= 4 is 29.1 Å². The van der Waals surface area contributed by atoms with E-state index in [0.29, 0.717) is 40.8 Å². The van der Waals surface area contributed by atoms with Gasteiger partial charge in [-0.1, -0.05) is 32.0 Å². The molecule has 1 aliphatic heterocycles. The number of anilines is 1. The number of aliphatic hydroxyl groups excluding tert-OH is 1. The maximum atomic E-state index is 13.5. The molecule has 0 saturated carbocycles. The normalized spacial score (nSPS) is 16.6. The molecule has 0 radical (unpaired) electrons. The number of ether oxygens (including phenoxy) is 2. The number of carbonyl (C=O) groups excluding carboxylic acids is 3. The molecule has 39 heavy (non-hydrogen) atoms. The van der Waals surface area contributed by atoms with Crippen molar-refractivity contribution in [3.63, 3.8) is 0 Å². The first-order valence-electron chi connectivity index (χ1n) is 12.9. The molecule has 1 aliphatic rings. The summed E-state index contributed by atoms with van der Waals surface area (Å²) >= 11 is 0. The molecular weight excluding hydrogens is 494 g/mol. The third-order valence-electron chi connectivity index (χ3n) is 6.41. The van der Waals surface area contributed by atoms with E-state index >= 15 is 0 Å². The van der Waals surface area contributed by atoms with E-state index in [4.69, 9.17) is 9.47 Å². The predicted molar refractivity (Wildman–Crippen MR) is 150 cm³/mol. The first kappa shape index (κ1) is 27.6. The van der Waals surface area contributed by atoms with Gasteiger partial charge in [0.1, 0.15) is 17.3 Å². The molecule has 4 rings (SSSR count). The summed E-state index contributed by atoms with van der Waals surface area (Å²) in [5.74, 6) is -0.863. The minimum absolute atomic E-state index is 0.0188. The number of nitrogens with zero attached hydrogens (tertiary/aromatic N) is 1. The number of amides is 1. The summed E-state index contributed by atoms with van der Waals surface area (Å²) in [6.07, 6.45) is 0. The van der Waals surface area contributed by atoms with Gasteiger partial charge in [0, 0.05) is 18.2 Å². The smallest absolute Gasteiger partial charge is 0.308 e. The molecule has 7 heteroatoms. The highest BCUT2D eigenvalue weighted by molar-refractivity contribution is 6.51. The van der Waals surface area contributed by atoms with Crippen molar-refractivity contribution in [2.75, 3.05) is 11.5 Å². The molecule has 1 N–H and O–H groups in total. The summed E-state index contributed by atoms with van der Waals surface area (Å²) in [4.78, 5) is 39.8. The molecule has 1 unspecified atom stereocenters. The van der Waals surface area contributed by atoms with Gasteiger partial charge in [-0.05, 0) is 91.4 Å². The van der Waals surface area contributed by atoms with Crippen LogP contribution in [0.3, 0.4) is 0 Å². The van der Waals surface area contributed by atoms with Gasteiger partial charge in [0.05, 0.1) is 18.2 Å². The molecule has 0 bridgehead atoms. The third-order valence-corrected chi connectivity index (χ3v) is 6.41. The van der Waals surface area contributed by atoms with Crippen LogP contribution < -0.4 is 14.4 Å². The Hall–Kier alpha value is -4.39. The van der Waals surface area contributed by atoms with Crippen molar-refractivity contribution in [3.05, 3.63) is 94.1 Å². The van der Waals surface area contributed by atoms with Gasteiger partial charge in [0.2, 0.25) is 0 Å². The lowest BCUT2D eigenvalue weighted by atomic mass is 9.94. The zero-order valence-corrected chi connectivity index (χ0v) is 23.1. The summed E-state index contributed by atoms with van der Waals surface area (Å²) < 4.78 is 11.0. The van der Waals surface area contributed by atoms with Crippen LogP contribution in [-0.2, 0) is 14.4 Å². The number of aliphatic hydroxyl groups is 1. The average molecular weight is 528 g/mol. The SMILES string of the molecule is CC(=O)Oc1ccc(C2/C(=C(/O)c3ccc(OCC(C)C)c(C)c3)C(=O)C(=O)N2c2cc(C)cc(C)c2)cc1. The topological polar surface area (TPSA) is 93.1 Å². The molecule has 3 aromatic carbocycles. The van der Waals surface area contributed by atoms with E-state index in [1.165, 1.54) is 11.8 Å². The van der Waals surface area contributed by atoms with E-state index in [-0.39, 0.29) is 11.3 Å². The van der Waals surface area contributed by atoms with Crippen LogP contribution in [0.25, 0.3) is 5.76 Å². The fourth-order valence-corrected chi connectivity index (χ4v) is 4.76. The summed E-state index contributed by atoms with van der Waals surface area (Å²) in [7, 11) is 0. The van der Waals surface area contributed by atoms with Crippen molar-refractivity contribution in [1.82, 2.24) is 0 Å². The molecule has 1 saturated heterocycles. The number of hydrogen-bond donors (Lipinski definition) is 1. The largest absolute Gasteiger partial charge is 0.507 e. The van der Waals surface area contributed by atoms with Crippen molar-refractivity contribution in [3.8, 4) is 11.5 Å². The van der Waals surface area contributed by atoms with Gasteiger partial charge in [-0.25, -0.2) is 0 Å². The maximum absolute atomic E-state index is 13.5. The number of rotatable bonds is 7. The van der Waals surface area contributed by atoms with Gasteiger partial charge in [-0.15, -0.1) is 0 Å². The highest BCUT2D eigenvalue weighted by Gasteiger charge is 2.47. The lowest BCUT2D eigenvalue weighted by Gasteiger charge is -2.26. The number of ketones is 1. The Labute approximate surface area is 228 Å². The molecule has 0 spiro atoms. The van der Waals surface area contributed by atoms with E-state index in [0.717, 1.165) is 16.7 Å². The zero-order chi connectivity index (χ0) is 28.4. The first-order chi connectivity index (χ1) is 18.5. The third kappa shape index (κ3) is 5.87. The maximum Gasteiger partial charge on any atom is 0.308 e. The van der Waals surface area contributed by atoms with E-state index in [2.05, 4.69) is 13.8 Å². The zero-order valence-electron chi connectivity index (χ0n) is 23.1. The molecule has 1 amide bonds. The molecule has 0 aromatic heterocycles. The van der Waals surface area contributed by atoms with E-state index < -0.39 is 23.7 Å². The standard InChI is InChI=1S/C32H33NO6/c1-18(2)17-38-27-12-9-24(16-21(27)5)30(35)28-29(23-7-10-26(11-8-23)39-22(6)34)33(32(37)31(28)36)25-14-19(3)13-20(4)15-25/h7-16,18,29,35H,17H2,1-6H3/b30-28-. The second-order valence-corrected chi connectivity index (χ2v) is 10.4. The monoisotopic (exact) mass is 527 g/mol. The highest BCUT2D eigenvalue weighted by atomic mass is 16.5. The van der Waals surface area contributed by atoms with Gasteiger partial charge in [0.15, 0.2) is 0 Å². The summed E-state index contributed by atoms with van der Waals surface area (Å²) in [6, 6.07) is 16.5. The molecule has 1 fully saturated rings. The van der Waals surface area contributed by atoms with Crippen molar-refractivity contribution in [2.24, 2.45) is 5.92 Å². The molecule has 3 aromatic rings. The summed E-state index contributed by atoms with van der Waals surface area (Å²) in [5, 5.41) is 11.5. The van der Waals surface area contributed by atoms with Crippen LogP contribution in [0.2, 0.25) is 0 Å². The molecule has 7 nitrogen and oxygen atoms in total. The predicted octanol–water partition coefficient (Wildman–Crippen LogP) is 6.20. The number of aryl methyl sites for hydroxylation is 3. The number of esters is 1. The highest BCUT2D eigenvalue weighted by Crippen LogP contribution is 2.43. The quantitative estimate of drug-likeness (QED) is 0.129. The molecule has 0 aliphatic carbocycles. The van der Waals surface area contributed by atoms with Crippen LogP contribution in [0, 0.1) is 26.7 Å². The Morgan fingerprint density at radius 2 is 1.59 bits per heavy atom. The second-order valence-electron chi connectivity index (χ2n) is 10.4. The van der Waals surface area contributed by atoms with Crippen molar-refractivity contribution in [1.29, 1.82) is 0 Å². The first-order valence-corrected chi connectivity index (χ1v) is 12.9. The number of hydrogen-bond acceptors (Lipinski definition) is 6. The fraction of sp³-hybridized carbons (Fsp3) is 0.281. The van der Waals surface area contributed by atoms with Gasteiger partial charge < -0.3 is 14.6 Å². The average Bonchev–Trinajstić information content (AvgIpc) is 3.12. The van der Waals surface area contributed by atoms with Crippen LogP contribution in [0.15, 0.2) is 66.2 Å². The number of benzene rings is 3. The van der Waals surface area contributed by atoms with Gasteiger partial charge in [-0.2, -0.15) is 0 Å². The Bertz CT molecular complexity index is 1450.